The Labute approximate surface area is 88.4 Å². The van der Waals surface area contributed by atoms with Gasteiger partial charge in [0.2, 0.25) is 0 Å². The molecule has 0 aromatic heterocycles. The molecule has 1 heterocycles. The Hall–Kier alpha value is -1.43. The van der Waals surface area contributed by atoms with Crippen LogP contribution >= 0.6 is 0 Å². The second-order valence-corrected chi connectivity index (χ2v) is 4.56. The van der Waals surface area contributed by atoms with Gasteiger partial charge in [0.05, 0.1) is 0 Å². The van der Waals surface area contributed by atoms with Crippen molar-refractivity contribution in [2.24, 2.45) is 0 Å². The molecule has 1 fully saturated rings. The van der Waals surface area contributed by atoms with Gasteiger partial charge in [0, 0.05) is 19.6 Å². The highest BCUT2D eigenvalue weighted by molar-refractivity contribution is 6.44. The third kappa shape index (κ3) is 1.72. The average Bonchev–Trinajstić information content (AvgIpc) is 2.21. The summed E-state index contributed by atoms with van der Waals surface area (Å²) < 4.78 is 0. The first-order valence-corrected chi connectivity index (χ1v) is 4.57. The van der Waals surface area contributed by atoms with Gasteiger partial charge in [-0.15, -0.1) is 0 Å². The van der Waals surface area contributed by atoms with Gasteiger partial charge in [0.1, 0.15) is 0 Å². The third-order valence-corrected chi connectivity index (χ3v) is 2.02. The van der Waals surface area contributed by atoms with Crippen molar-refractivity contribution >= 4 is 17.8 Å². The molecule has 0 aromatic rings. The van der Waals surface area contributed by atoms with E-state index in [1.807, 2.05) is 0 Å². The molecule has 1 saturated heterocycles. The van der Waals surface area contributed by atoms with E-state index in [0.717, 1.165) is 9.91 Å². The number of hydrazine groups is 1. The predicted octanol–water partition coefficient (Wildman–Crippen LogP) is 0.0523. The van der Waals surface area contributed by atoms with E-state index >= 15 is 0 Å². The van der Waals surface area contributed by atoms with Crippen molar-refractivity contribution in [2.75, 3.05) is 14.1 Å². The Morgan fingerprint density at radius 1 is 1.00 bits per heavy atom. The SMILES string of the molecule is CN(C)N1C(=O)C(=O)N(C(C)(C)C)C1=O. The predicted molar refractivity (Wildman–Crippen MR) is 52.5 cm³/mol. The minimum absolute atomic E-state index is 0.595. The Bertz CT molecular complexity index is 330. The van der Waals surface area contributed by atoms with Crippen LogP contribution in [0.15, 0.2) is 0 Å². The molecule has 4 amide bonds. The summed E-state index contributed by atoms with van der Waals surface area (Å²) in [6, 6.07) is -0.595. The molecule has 0 bridgehead atoms. The van der Waals surface area contributed by atoms with Gasteiger partial charge < -0.3 is 0 Å². The van der Waals surface area contributed by atoms with Gasteiger partial charge in [-0.05, 0) is 20.8 Å². The van der Waals surface area contributed by atoms with Crippen molar-refractivity contribution in [1.82, 2.24) is 14.9 Å². The van der Waals surface area contributed by atoms with Crippen LogP contribution in [-0.2, 0) is 9.59 Å². The lowest BCUT2D eigenvalue weighted by molar-refractivity contribution is -0.148. The maximum absolute atomic E-state index is 11.8. The van der Waals surface area contributed by atoms with Crippen molar-refractivity contribution in [2.45, 2.75) is 26.3 Å². The van der Waals surface area contributed by atoms with E-state index in [-0.39, 0.29) is 0 Å². The first-order valence-electron chi connectivity index (χ1n) is 4.57. The lowest BCUT2D eigenvalue weighted by Crippen LogP contribution is -2.48. The van der Waals surface area contributed by atoms with E-state index in [4.69, 9.17) is 0 Å². The van der Waals surface area contributed by atoms with E-state index in [9.17, 15) is 14.4 Å². The molecule has 6 heteroatoms. The van der Waals surface area contributed by atoms with Crippen LogP contribution in [0.2, 0.25) is 0 Å². The molecular formula is C9H15N3O3. The van der Waals surface area contributed by atoms with Crippen LogP contribution in [0, 0.1) is 0 Å². The minimum atomic E-state index is -0.806. The number of hydrogen-bond donors (Lipinski definition) is 0. The van der Waals surface area contributed by atoms with E-state index in [1.54, 1.807) is 20.8 Å². The average molecular weight is 213 g/mol. The number of imide groups is 2. The fourth-order valence-corrected chi connectivity index (χ4v) is 1.40. The smallest absolute Gasteiger partial charge is 0.263 e. The molecule has 0 spiro atoms. The quantitative estimate of drug-likeness (QED) is 0.456. The molecule has 6 nitrogen and oxygen atoms in total. The number of urea groups is 1. The van der Waals surface area contributed by atoms with Crippen LogP contribution < -0.4 is 0 Å². The topological polar surface area (TPSA) is 60.9 Å². The zero-order valence-corrected chi connectivity index (χ0v) is 9.57. The molecule has 84 valence electrons. The van der Waals surface area contributed by atoms with Gasteiger partial charge in [-0.1, -0.05) is 0 Å². The summed E-state index contributed by atoms with van der Waals surface area (Å²) in [5.74, 6) is -1.58. The Morgan fingerprint density at radius 3 is 1.67 bits per heavy atom. The molecule has 0 N–H and O–H groups in total. The summed E-state index contributed by atoms with van der Waals surface area (Å²) in [6.07, 6.45) is 0. The first kappa shape index (κ1) is 11.6. The minimum Gasteiger partial charge on any atom is -0.263 e. The second kappa shape index (κ2) is 3.30. The molecule has 1 aliphatic rings. The lowest BCUT2D eigenvalue weighted by atomic mass is 10.1. The molecule has 0 aliphatic carbocycles. The molecule has 1 aliphatic heterocycles. The number of rotatable bonds is 1. The molecule has 0 unspecified atom stereocenters. The fraction of sp³-hybridized carbons (Fsp3) is 0.667. The molecule has 0 aromatic carbocycles. The number of carbonyl (C=O) groups excluding carboxylic acids is 3. The highest BCUT2D eigenvalue weighted by atomic mass is 16.2. The summed E-state index contributed by atoms with van der Waals surface area (Å²) in [6.45, 7) is 5.11. The van der Waals surface area contributed by atoms with Crippen molar-refractivity contribution in [1.29, 1.82) is 0 Å². The highest BCUT2D eigenvalue weighted by Gasteiger charge is 2.50. The van der Waals surface area contributed by atoms with Crippen LogP contribution in [0.5, 0.6) is 0 Å². The standard InChI is InChI=1S/C9H15N3O3/c1-9(2,3)11-6(13)7(14)12(8(11)15)10(4)5/h1-5H3. The van der Waals surface area contributed by atoms with Crippen LogP contribution in [0.4, 0.5) is 4.79 Å². The maximum atomic E-state index is 11.8. The summed E-state index contributed by atoms with van der Waals surface area (Å²) in [4.78, 5) is 35.8. The van der Waals surface area contributed by atoms with Crippen LogP contribution in [-0.4, -0.2) is 52.4 Å². The fourth-order valence-electron chi connectivity index (χ4n) is 1.40. The van der Waals surface area contributed by atoms with Crippen molar-refractivity contribution in [3.63, 3.8) is 0 Å². The highest BCUT2D eigenvalue weighted by Crippen LogP contribution is 2.22. The molecule has 1 rings (SSSR count). The van der Waals surface area contributed by atoms with Gasteiger partial charge in [-0.2, -0.15) is 5.01 Å². The first-order chi connectivity index (χ1) is 6.68. The van der Waals surface area contributed by atoms with Gasteiger partial charge in [-0.25, -0.2) is 14.7 Å². The maximum Gasteiger partial charge on any atom is 0.349 e. The molecule has 15 heavy (non-hydrogen) atoms. The number of nitrogens with zero attached hydrogens (tertiary/aromatic N) is 3. The second-order valence-electron chi connectivity index (χ2n) is 4.56. The summed E-state index contributed by atoms with van der Waals surface area (Å²) in [5.41, 5.74) is -0.686. The lowest BCUT2D eigenvalue weighted by Gasteiger charge is -2.29. The monoisotopic (exact) mass is 213 g/mol. The molecule has 0 saturated carbocycles. The summed E-state index contributed by atoms with van der Waals surface area (Å²) >= 11 is 0. The Morgan fingerprint density at radius 2 is 1.47 bits per heavy atom. The Balaban J connectivity index is 3.12. The van der Waals surface area contributed by atoms with E-state index in [2.05, 4.69) is 0 Å². The Kier molecular flexibility index (Phi) is 2.56. The van der Waals surface area contributed by atoms with Gasteiger partial charge in [0.15, 0.2) is 0 Å². The molecular weight excluding hydrogens is 198 g/mol. The molecule has 0 radical (unpaired) electrons. The largest absolute Gasteiger partial charge is 0.349 e. The van der Waals surface area contributed by atoms with E-state index in [1.165, 1.54) is 19.1 Å². The number of hydrogen-bond acceptors (Lipinski definition) is 4. The summed E-state index contributed by atoms with van der Waals surface area (Å²) in [5, 5.41) is 2.13. The van der Waals surface area contributed by atoms with Gasteiger partial charge in [0.25, 0.3) is 0 Å². The van der Waals surface area contributed by atoms with Crippen molar-refractivity contribution in [3.8, 4) is 0 Å². The zero-order chi connectivity index (χ0) is 12.0. The number of amides is 4. The van der Waals surface area contributed by atoms with Crippen LogP contribution in [0.3, 0.4) is 0 Å². The third-order valence-electron chi connectivity index (χ3n) is 2.02. The van der Waals surface area contributed by atoms with E-state index < -0.39 is 23.4 Å². The van der Waals surface area contributed by atoms with Gasteiger partial charge in [-0.3, -0.25) is 9.59 Å². The van der Waals surface area contributed by atoms with E-state index in [0.29, 0.717) is 0 Å². The van der Waals surface area contributed by atoms with Crippen molar-refractivity contribution < 1.29 is 14.4 Å². The van der Waals surface area contributed by atoms with Crippen LogP contribution in [0.25, 0.3) is 0 Å². The summed E-state index contributed by atoms with van der Waals surface area (Å²) in [7, 11) is 3.07. The zero-order valence-electron chi connectivity index (χ0n) is 9.57. The van der Waals surface area contributed by atoms with Crippen molar-refractivity contribution in [3.05, 3.63) is 0 Å². The van der Waals surface area contributed by atoms with Crippen LogP contribution in [0.1, 0.15) is 20.8 Å². The molecule has 0 atom stereocenters. The van der Waals surface area contributed by atoms with Gasteiger partial charge >= 0.3 is 17.8 Å². The number of carbonyl (C=O) groups is 3. The normalized spacial score (nSPS) is 18.4.